The molecule has 1 saturated heterocycles. The van der Waals surface area contributed by atoms with Gasteiger partial charge in [-0.3, -0.25) is 9.59 Å². The zero-order valence-corrected chi connectivity index (χ0v) is 13.2. The Balaban J connectivity index is 1.54. The zero-order chi connectivity index (χ0) is 16.2. The molecule has 2 heterocycles. The van der Waals surface area contributed by atoms with Gasteiger partial charge in [0.05, 0.1) is 6.42 Å². The standard InChI is InChI=1S/C17H21N3O3/c1-12(21)18-11-13-6-8-20(9-7-13)17(22)10-15-14-4-2-3-5-16(14)23-19-15/h2-5,13H,6-11H2,1H3,(H,18,21). The summed E-state index contributed by atoms with van der Waals surface area (Å²) in [6.45, 7) is 3.70. The van der Waals surface area contributed by atoms with Crippen molar-refractivity contribution in [3.63, 3.8) is 0 Å². The fourth-order valence-corrected chi connectivity index (χ4v) is 3.00. The Morgan fingerprint density at radius 1 is 1.30 bits per heavy atom. The number of para-hydroxylation sites is 1. The van der Waals surface area contributed by atoms with Gasteiger partial charge in [0.25, 0.3) is 0 Å². The summed E-state index contributed by atoms with van der Waals surface area (Å²) in [7, 11) is 0. The molecule has 1 N–H and O–H groups in total. The molecular formula is C17H21N3O3. The van der Waals surface area contributed by atoms with E-state index in [1.165, 1.54) is 6.92 Å². The van der Waals surface area contributed by atoms with Crippen molar-refractivity contribution >= 4 is 22.8 Å². The van der Waals surface area contributed by atoms with Gasteiger partial charge in [0.15, 0.2) is 5.58 Å². The van der Waals surface area contributed by atoms with Crippen LogP contribution in [0.25, 0.3) is 11.0 Å². The van der Waals surface area contributed by atoms with Crippen molar-refractivity contribution < 1.29 is 14.1 Å². The third kappa shape index (κ3) is 3.70. The van der Waals surface area contributed by atoms with Gasteiger partial charge >= 0.3 is 0 Å². The highest BCUT2D eigenvalue weighted by Crippen LogP contribution is 2.21. The van der Waals surface area contributed by atoms with E-state index in [0.717, 1.165) is 31.3 Å². The molecule has 6 nitrogen and oxygen atoms in total. The largest absolute Gasteiger partial charge is 0.356 e. The maximum absolute atomic E-state index is 12.5. The van der Waals surface area contributed by atoms with Gasteiger partial charge in [-0.05, 0) is 30.9 Å². The predicted molar refractivity (Wildman–Crippen MR) is 85.7 cm³/mol. The minimum atomic E-state index is 0.00131. The summed E-state index contributed by atoms with van der Waals surface area (Å²) in [4.78, 5) is 25.3. The number of nitrogens with one attached hydrogen (secondary N) is 1. The summed E-state index contributed by atoms with van der Waals surface area (Å²) in [5.41, 5.74) is 1.41. The molecule has 0 bridgehead atoms. The van der Waals surface area contributed by atoms with Crippen LogP contribution in [0.5, 0.6) is 0 Å². The van der Waals surface area contributed by atoms with Crippen LogP contribution in [0.4, 0.5) is 0 Å². The number of rotatable bonds is 4. The van der Waals surface area contributed by atoms with E-state index in [-0.39, 0.29) is 18.2 Å². The molecule has 1 aromatic heterocycles. The molecule has 1 aromatic carbocycles. The average Bonchev–Trinajstić information content (AvgIpc) is 2.96. The lowest BCUT2D eigenvalue weighted by molar-refractivity contribution is -0.132. The summed E-state index contributed by atoms with van der Waals surface area (Å²) >= 11 is 0. The number of piperidine rings is 1. The molecule has 1 aliphatic heterocycles. The molecule has 0 saturated carbocycles. The highest BCUT2D eigenvalue weighted by Gasteiger charge is 2.24. The van der Waals surface area contributed by atoms with Crippen LogP contribution >= 0.6 is 0 Å². The molecular weight excluding hydrogens is 294 g/mol. The average molecular weight is 315 g/mol. The molecule has 0 atom stereocenters. The van der Waals surface area contributed by atoms with Crippen LogP contribution in [0.15, 0.2) is 28.8 Å². The topological polar surface area (TPSA) is 75.4 Å². The van der Waals surface area contributed by atoms with Gasteiger partial charge in [0, 0.05) is 31.9 Å². The quantitative estimate of drug-likeness (QED) is 0.932. The molecule has 6 heteroatoms. The van der Waals surface area contributed by atoms with E-state index >= 15 is 0 Å². The van der Waals surface area contributed by atoms with Crippen LogP contribution in [0.2, 0.25) is 0 Å². The van der Waals surface area contributed by atoms with Crippen molar-refractivity contribution in [3.05, 3.63) is 30.0 Å². The second kappa shape index (κ2) is 6.81. The van der Waals surface area contributed by atoms with Gasteiger partial charge < -0.3 is 14.7 Å². The molecule has 3 rings (SSSR count). The minimum absolute atomic E-state index is 0.00131. The van der Waals surface area contributed by atoms with Crippen LogP contribution in [0.3, 0.4) is 0 Å². The Bertz CT molecular complexity index is 702. The highest BCUT2D eigenvalue weighted by atomic mass is 16.5. The van der Waals surface area contributed by atoms with Gasteiger partial charge in [-0.2, -0.15) is 0 Å². The second-order valence-corrected chi connectivity index (χ2v) is 6.06. The number of nitrogens with zero attached hydrogens (tertiary/aromatic N) is 2. The number of hydrogen-bond acceptors (Lipinski definition) is 4. The summed E-state index contributed by atoms with van der Waals surface area (Å²) in [6.07, 6.45) is 2.12. The second-order valence-electron chi connectivity index (χ2n) is 6.06. The molecule has 1 fully saturated rings. The summed E-state index contributed by atoms with van der Waals surface area (Å²) in [5, 5.41) is 7.78. The number of amides is 2. The Labute approximate surface area is 134 Å². The van der Waals surface area contributed by atoms with E-state index in [2.05, 4.69) is 10.5 Å². The fourth-order valence-electron chi connectivity index (χ4n) is 3.00. The third-order valence-electron chi connectivity index (χ3n) is 4.38. The maximum Gasteiger partial charge on any atom is 0.228 e. The Morgan fingerprint density at radius 3 is 2.78 bits per heavy atom. The number of likely N-dealkylation sites (tertiary alicyclic amines) is 1. The molecule has 0 spiro atoms. The van der Waals surface area contributed by atoms with E-state index < -0.39 is 0 Å². The highest BCUT2D eigenvalue weighted by molar-refractivity contribution is 5.86. The van der Waals surface area contributed by atoms with Crippen molar-refractivity contribution in [2.45, 2.75) is 26.2 Å². The third-order valence-corrected chi connectivity index (χ3v) is 4.38. The minimum Gasteiger partial charge on any atom is -0.356 e. The van der Waals surface area contributed by atoms with Crippen LogP contribution < -0.4 is 5.32 Å². The molecule has 2 amide bonds. The van der Waals surface area contributed by atoms with Gasteiger partial charge in [-0.25, -0.2) is 0 Å². The van der Waals surface area contributed by atoms with Crippen molar-refractivity contribution in [2.24, 2.45) is 5.92 Å². The number of carbonyl (C=O) groups excluding carboxylic acids is 2. The smallest absolute Gasteiger partial charge is 0.228 e. The van der Waals surface area contributed by atoms with Gasteiger partial charge in [0.1, 0.15) is 5.69 Å². The molecule has 2 aromatic rings. The summed E-state index contributed by atoms with van der Waals surface area (Å²) in [6, 6.07) is 7.58. The van der Waals surface area contributed by atoms with Crippen LogP contribution in [0, 0.1) is 5.92 Å². The molecule has 122 valence electrons. The van der Waals surface area contributed by atoms with Crippen molar-refractivity contribution in [1.82, 2.24) is 15.4 Å². The lowest BCUT2D eigenvalue weighted by atomic mass is 9.96. The van der Waals surface area contributed by atoms with Gasteiger partial charge in [0.2, 0.25) is 11.8 Å². The lowest BCUT2D eigenvalue weighted by Gasteiger charge is -2.32. The first-order valence-corrected chi connectivity index (χ1v) is 7.99. The maximum atomic E-state index is 12.5. The number of carbonyl (C=O) groups is 2. The number of aromatic nitrogens is 1. The predicted octanol–water partition coefficient (Wildman–Crippen LogP) is 1.74. The Morgan fingerprint density at radius 2 is 2.04 bits per heavy atom. The summed E-state index contributed by atoms with van der Waals surface area (Å²) in [5.74, 6) is 0.541. The normalized spacial score (nSPS) is 15.8. The van der Waals surface area contributed by atoms with E-state index in [4.69, 9.17) is 4.52 Å². The zero-order valence-electron chi connectivity index (χ0n) is 13.2. The SMILES string of the molecule is CC(=O)NCC1CCN(C(=O)Cc2noc3ccccc23)CC1. The molecule has 23 heavy (non-hydrogen) atoms. The van der Waals surface area contributed by atoms with E-state index in [0.29, 0.717) is 23.7 Å². The van der Waals surface area contributed by atoms with Crippen molar-refractivity contribution in [3.8, 4) is 0 Å². The number of hydrogen-bond donors (Lipinski definition) is 1. The first-order valence-electron chi connectivity index (χ1n) is 7.99. The summed E-state index contributed by atoms with van der Waals surface area (Å²) < 4.78 is 5.25. The first kappa shape index (κ1) is 15.5. The van der Waals surface area contributed by atoms with E-state index in [1.54, 1.807) is 0 Å². The van der Waals surface area contributed by atoms with Crippen molar-refractivity contribution in [2.75, 3.05) is 19.6 Å². The first-order chi connectivity index (χ1) is 11.1. The van der Waals surface area contributed by atoms with E-state index in [1.807, 2.05) is 29.2 Å². The Kier molecular flexibility index (Phi) is 4.60. The lowest BCUT2D eigenvalue weighted by Crippen LogP contribution is -2.42. The number of benzene rings is 1. The van der Waals surface area contributed by atoms with Gasteiger partial charge in [-0.15, -0.1) is 0 Å². The van der Waals surface area contributed by atoms with Crippen LogP contribution in [-0.2, 0) is 16.0 Å². The fraction of sp³-hybridized carbons (Fsp3) is 0.471. The Hall–Kier alpha value is -2.37. The van der Waals surface area contributed by atoms with Crippen molar-refractivity contribution in [1.29, 1.82) is 0 Å². The molecule has 1 aliphatic rings. The van der Waals surface area contributed by atoms with Gasteiger partial charge in [-0.1, -0.05) is 17.3 Å². The van der Waals surface area contributed by atoms with E-state index in [9.17, 15) is 9.59 Å². The molecule has 0 radical (unpaired) electrons. The molecule has 0 unspecified atom stereocenters. The monoisotopic (exact) mass is 315 g/mol. The number of fused-ring (bicyclic) bond motifs is 1. The molecule has 0 aliphatic carbocycles. The van der Waals surface area contributed by atoms with Crippen LogP contribution in [-0.4, -0.2) is 41.5 Å². The van der Waals surface area contributed by atoms with Crippen LogP contribution in [0.1, 0.15) is 25.5 Å².